The van der Waals surface area contributed by atoms with Gasteiger partial charge < -0.3 is 13.8 Å². The molecule has 1 fully saturated rings. The molecular weight excluding hydrogens is 292 g/mol. The van der Waals surface area contributed by atoms with E-state index in [4.69, 9.17) is 8.94 Å². The number of aromatic nitrogens is 3. The molecule has 1 aromatic carbocycles. The van der Waals surface area contributed by atoms with Gasteiger partial charge >= 0.3 is 0 Å². The number of hydrogen-bond acceptors (Lipinski definition) is 6. The summed E-state index contributed by atoms with van der Waals surface area (Å²) in [6.45, 7) is 5.92. The van der Waals surface area contributed by atoms with E-state index in [9.17, 15) is 0 Å². The maximum atomic E-state index is 5.85. The fourth-order valence-corrected chi connectivity index (χ4v) is 2.96. The molecule has 3 aromatic rings. The number of nitrogens with zero attached hydrogens (tertiary/aromatic N) is 4. The molecule has 6 nitrogen and oxygen atoms in total. The van der Waals surface area contributed by atoms with Gasteiger partial charge in [0.05, 0.1) is 0 Å². The van der Waals surface area contributed by atoms with Crippen molar-refractivity contribution < 1.29 is 8.94 Å². The van der Waals surface area contributed by atoms with Gasteiger partial charge in [0.1, 0.15) is 5.52 Å². The van der Waals surface area contributed by atoms with Gasteiger partial charge in [-0.3, -0.25) is 0 Å². The van der Waals surface area contributed by atoms with Crippen LogP contribution in [-0.4, -0.2) is 28.2 Å². The van der Waals surface area contributed by atoms with Crippen LogP contribution < -0.4 is 4.90 Å². The van der Waals surface area contributed by atoms with Gasteiger partial charge in [0, 0.05) is 24.9 Å². The van der Waals surface area contributed by atoms with Crippen LogP contribution in [-0.2, 0) is 0 Å². The average Bonchev–Trinajstić information content (AvgIpc) is 3.22. The zero-order chi connectivity index (χ0) is 15.8. The van der Waals surface area contributed by atoms with Gasteiger partial charge in [-0.15, -0.1) is 0 Å². The number of oxazole rings is 1. The highest BCUT2D eigenvalue weighted by molar-refractivity contribution is 5.74. The molecule has 6 heteroatoms. The first-order valence-corrected chi connectivity index (χ1v) is 8.14. The lowest BCUT2D eigenvalue weighted by atomic mass is 9.97. The van der Waals surface area contributed by atoms with Gasteiger partial charge in [0.25, 0.3) is 6.01 Å². The molecule has 1 saturated heterocycles. The lowest BCUT2D eigenvalue weighted by Gasteiger charge is -2.28. The highest BCUT2D eigenvalue weighted by atomic mass is 16.5. The second-order valence-corrected chi connectivity index (χ2v) is 6.37. The SMILES string of the molecule is CC(C)c1noc(C2CCN(c3nc4ccccc4o3)CC2)n1. The monoisotopic (exact) mass is 312 g/mol. The van der Waals surface area contributed by atoms with Gasteiger partial charge in [0.15, 0.2) is 11.4 Å². The van der Waals surface area contributed by atoms with E-state index in [0.717, 1.165) is 48.7 Å². The zero-order valence-corrected chi connectivity index (χ0v) is 13.4. The summed E-state index contributed by atoms with van der Waals surface area (Å²) < 4.78 is 11.3. The minimum Gasteiger partial charge on any atom is -0.423 e. The Morgan fingerprint density at radius 2 is 1.91 bits per heavy atom. The summed E-state index contributed by atoms with van der Waals surface area (Å²) in [5, 5.41) is 4.07. The van der Waals surface area contributed by atoms with Gasteiger partial charge in [0.2, 0.25) is 5.89 Å². The van der Waals surface area contributed by atoms with Crippen molar-refractivity contribution in [1.29, 1.82) is 0 Å². The molecular formula is C17H20N4O2. The molecule has 0 saturated carbocycles. The summed E-state index contributed by atoms with van der Waals surface area (Å²) in [5.41, 5.74) is 1.74. The maximum absolute atomic E-state index is 5.85. The molecule has 0 amide bonds. The van der Waals surface area contributed by atoms with Crippen molar-refractivity contribution >= 4 is 17.1 Å². The minimum atomic E-state index is 0.298. The number of anilines is 1. The smallest absolute Gasteiger partial charge is 0.298 e. The zero-order valence-electron chi connectivity index (χ0n) is 13.4. The predicted molar refractivity (Wildman–Crippen MR) is 86.6 cm³/mol. The molecule has 0 bridgehead atoms. The van der Waals surface area contributed by atoms with Crippen LogP contribution in [0.4, 0.5) is 6.01 Å². The summed E-state index contributed by atoms with van der Waals surface area (Å²) in [7, 11) is 0. The van der Waals surface area contributed by atoms with Crippen molar-refractivity contribution in [2.75, 3.05) is 18.0 Å². The van der Waals surface area contributed by atoms with E-state index in [0.29, 0.717) is 17.9 Å². The first kappa shape index (κ1) is 14.2. The highest BCUT2D eigenvalue weighted by Crippen LogP contribution is 2.31. The Morgan fingerprint density at radius 3 is 2.61 bits per heavy atom. The standard InChI is InChI=1S/C17H20N4O2/c1-11(2)15-19-16(23-20-15)12-7-9-21(10-8-12)17-18-13-5-3-4-6-14(13)22-17/h3-6,11-12H,7-10H2,1-2H3. The summed E-state index contributed by atoms with van der Waals surface area (Å²) in [6.07, 6.45) is 1.94. The highest BCUT2D eigenvalue weighted by Gasteiger charge is 2.27. The van der Waals surface area contributed by atoms with Gasteiger partial charge in [-0.05, 0) is 25.0 Å². The second-order valence-electron chi connectivity index (χ2n) is 6.37. The molecule has 0 N–H and O–H groups in total. The van der Waals surface area contributed by atoms with Crippen molar-refractivity contribution in [3.05, 3.63) is 36.0 Å². The summed E-state index contributed by atoms with van der Waals surface area (Å²) in [5.74, 6) is 2.19. The van der Waals surface area contributed by atoms with Gasteiger partial charge in [-0.25, -0.2) is 0 Å². The molecule has 0 spiro atoms. The van der Waals surface area contributed by atoms with Crippen molar-refractivity contribution in [2.24, 2.45) is 0 Å². The van der Waals surface area contributed by atoms with Crippen LogP contribution in [0.15, 0.2) is 33.2 Å². The summed E-state index contributed by atoms with van der Waals surface area (Å²) in [6, 6.07) is 8.57. The van der Waals surface area contributed by atoms with Crippen LogP contribution in [0.2, 0.25) is 0 Å². The fraction of sp³-hybridized carbons (Fsp3) is 0.471. The first-order chi connectivity index (χ1) is 11.2. The van der Waals surface area contributed by atoms with Gasteiger partial charge in [-0.2, -0.15) is 9.97 Å². The van der Waals surface area contributed by atoms with Crippen LogP contribution in [0.3, 0.4) is 0 Å². The van der Waals surface area contributed by atoms with Crippen molar-refractivity contribution in [3.63, 3.8) is 0 Å². The largest absolute Gasteiger partial charge is 0.423 e. The lowest BCUT2D eigenvalue weighted by Crippen LogP contribution is -2.33. The number of benzene rings is 1. The molecule has 23 heavy (non-hydrogen) atoms. The Labute approximate surface area is 134 Å². The Kier molecular flexibility index (Phi) is 3.52. The van der Waals surface area contributed by atoms with Gasteiger partial charge in [-0.1, -0.05) is 31.1 Å². The number of hydrogen-bond donors (Lipinski definition) is 0. The molecule has 0 atom stereocenters. The van der Waals surface area contributed by atoms with Crippen molar-refractivity contribution in [3.8, 4) is 0 Å². The molecule has 120 valence electrons. The molecule has 2 aromatic heterocycles. The van der Waals surface area contributed by atoms with E-state index in [2.05, 4.69) is 33.9 Å². The number of rotatable bonds is 3. The molecule has 0 unspecified atom stereocenters. The fourth-order valence-electron chi connectivity index (χ4n) is 2.96. The van der Waals surface area contributed by atoms with Crippen LogP contribution in [0.1, 0.15) is 50.2 Å². The maximum Gasteiger partial charge on any atom is 0.298 e. The van der Waals surface area contributed by atoms with Crippen molar-refractivity contribution in [1.82, 2.24) is 15.1 Å². The molecule has 3 heterocycles. The van der Waals surface area contributed by atoms with E-state index < -0.39 is 0 Å². The number of para-hydroxylation sites is 2. The quantitative estimate of drug-likeness (QED) is 0.734. The van der Waals surface area contributed by atoms with E-state index in [1.54, 1.807) is 0 Å². The molecule has 0 aliphatic carbocycles. The summed E-state index contributed by atoms with van der Waals surface area (Å²) >= 11 is 0. The number of piperidine rings is 1. The third-order valence-corrected chi connectivity index (χ3v) is 4.37. The Bertz CT molecular complexity index is 767. The molecule has 1 aliphatic heterocycles. The van der Waals surface area contributed by atoms with Crippen LogP contribution in [0.25, 0.3) is 11.1 Å². The van der Waals surface area contributed by atoms with E-state index >= 15 is 0 Å². The predicted octanol–water partition coefficient (Wildman–Crippen LogP) is 3.72. The first-order valence-electron chi connectivity index (χ1n) is 8.14. The third kappa shape index (κ3) is 2.69. The minimum absolute atomic E-state index is 0.298. The Morgan fingerprint density at radius 1 is 1.13 bits per heavy atom. The Hall–Kier alpha value is -2.37. The van der Waals surface area contributed by atoms with Crippen LogP contribution in [0, 0.1) is 0 Å². The molecule has 0 radical (unpaired) electrons. The van der Waals surface area contributed by atoms with E-state index in [-0.39, 0.29) is 0 Å². The summed E-state index contributed by atoms with van der Waals surface area (Å²) in [4.78, 5) is 11.3. The van der Waals surface area contributed by atoms with E-state index in [1.807, 2.05) is 24.3 Å². The number of fused-ring (bicyclic) bond motifs is 1. The molecule has 4 rings (SSSR count). The Balaban J connectivity index is 1.45. The lowest BCUT2D eigenvalue weighted by molar-refractivity contribution is 0.323. The van der Waals surface area contributed by atoms with Crippen molar-refractivity contribution in [2.45, 2.75) is 38.5 Å². The second kappa shape index (κ2) is 5.68. The van der Waals surface area contributed by atoms with Crippen LogP contribution >= 0.6 is 0 Å². The third-order valence-electron chi connectivity index (χ3n) is 4.37. The average molecular weight is 312 g/mol. The molecule has 1 aliphatic rings. The van der Waals surface area contributed by atoms with E-state index in [1.165, 1.54) is 0 Å². The topological polar surface area (TPSA) is 68.2 Å². The normalized spacial score (nSPS) is 16.6. The van der Waals surface area contributed by atoms with Crippen LogP contribution in [0.5, 0.6) is 0 Å².